The average molecular weight is 263 g/mol. The van der Waals surface area contributed by atoms with Crippen molar-refractivity contribution in [1.82, 2.24) is 15.2 Å². The Morgan fingerprint density at radius 2 is 2.42 bits per heavy atom. The van der Waals surface area contributed by atoms with E-state index < -0.39 is 0 Å². The molecule has 0 radical (unpaired) electrons. The van der Waals surface area contributed by atoms with E-state index in [0.29, 0.717) is 18.5 Å². The SMILES string of the molecule is CC(C)N1CCC(CNC(=O)c2ccncc2O)C1. The standard InChI is InChI=1S/C14H21N3O2/c1-10(2)17-6-4-11(9-17)7-16-14(19)12-3-5-15-8-13(12)18/h3,5,8,10-11,18H,4,6-7,9H2,1-2H3,(H,16,19). The van der Waals surface area contributed by atoms with E-state index in [1.54, 1.807) is 0 Å². The number of nitrogens with zero attached hydrogens (tertiary/aromatic N) is 2. The fourth-order valence-corrected chi connectivity index (χ4v) is 2.41. The van der Waals surface area contributed by atoms with Crippen molar-refractivity contribution in [2.45, 2.75) is 26.3 Å². The van der Waals surface area contributed by atoms with Crippen molar-refractivity contribution in [1.29, 1.82) is 0 Å². The van der Waals surface area contributed by atoms with Gasteiger partial charge in [0, 0.05) is 25.3 Å². The Labute approximate surface area is 113 Å². The molecule has 2 rings (SSSR count). The highest BCUT2D eigenvalue weighted by atomic mass is 16.3. The second kappa shape index (κ2) is 6.02. The van der Waals surface area contributed by atoms with Crippen molar-refractivity contribution in [3.63, 3.8) is 0 Å². The number of rotatable bonds is 4. The third-order valence-corrected chi connectivity index (χ3v) is 3.64. The lowest BCUT2D eigenvalue weighted by molar-refractivity contribution is 0.0944. The second-order valence-corrected chi connectivity index (χ2v) is 5.35. The highest BCUT2D eigenvalue weighted by Crippen LogP contribution is 2.18. The summed E-state index contributed by atoms with van der Waals surface area (Å²) in [6.45, 7) is 7.16. The van der Waals surface area contributed by atoms with Gasteiger partial charge in [0.05, 0.1) is 11.8 Å². The zero-order chi connectivity index (χ0) is 13.8. The molecule has 5 heteroatoms. The van der Waals surface area contributed by atoms with E-state index in [4.69, 9.17) is 0 Å². The van der Waals surface area contributed by atoms with E-state index in [-0.39, 0.29) is 17.2 Å². The third kappa shape index (κ3) is 3.44. The van der Waals surface area contributed by atoms with Crippen LogP contribution in [-0.4, -0.2) is 46.6 Å². The van der Waals surface area contributed by atoms with Gasteiger partial charge in [0.1, 0.15) is 5.75 Å². The molecular weight excluding hydrogens is 242 g/mol. The highest BCUT2D eigenvalue weighted by molar-refractivity contribution is 5.96. The number of amides is 1. The Hall–Kier alpha value is -1.62. The molecule has 104 valence electrons. The third-order valence-electron chi connectivity index (χ3n) is 3.64. The van der Waals surface area contributed by atoms with Crippen molar-refractivity contribution in [3.05, 3.63) is 24.0 Å². The van der Waals surface area contributed by atoms with Crippen LogP contribution in [0, 0.1) is 5.92 Å². The molecule has 2 N–H and O–H groups in total. The van der Waals surface area contributed by atoms with Gasteiger partial charge in [0.2, 0.25) is 0 Å². The maximum atomic E-state index is 11.9. The van der Waals surface area contributed by atoms with Gasteiger partial charge >= 0.3 is 0 Å². The van der Waals surface area contributed by atoms with Gasteiger partial charge in [0.25, 0.3) is 5.91 Å². The molecule has 19 heavy (non-hydrogen) atoms. The summed E-state index contributed by atoms with van der Waals surface area (Å²) in [6.07, 6.45) is 3.90. The summed E-state index contributed by atoms with van der Waals surface area (Å²) in [4.78, 5) is 18.1. The molecule has 1 amide bonds. The first-order valence-corrected chi connectivity index (χ1v) is 6.73. The molecule has 5 nitrogen and oxygen atoms in total. The molecule has 0 aromatic carbocycles. The first-order chi connectivity index (χ1) is 9.08. The molecule has 0 saturated carbocycles. The maximum Gasteiger partial charge on any atom is 0.255 e. The molecule has 1 aliphatic rings. The molecule has 1 unspecified atom stereocenters. The zero-order valence-corrected chi connectivity index (χ0v) is 11.5. The minimum absolute atomic E-state index is 0.0739. The minimum atomic E-state index is -0.233. The number of pyridine rings is 1. The summed E-state index contributed by atoms with van der Waals surface area (Å²) in [6, 6.07) is 2.09. The van der Waals surface area contributed by atoms with E-state index in [1.165, 1.54) is 18.5 Å². The van der Waals surface area contributed by atoms with Crippen LogP contribution in [0.4, 0.5) is 0 Å². The maximum absolute atomic E-state index is 11.9. The fourth-order valence-electron chi connectivity index (χ4n) is 2.41. The van der Waals surface area contributed by atoms with Gasteiger partial charge in [-0.25, -0.2) is 0 Å². The Morgan fingerprint density at radius 3 is 3.05 bits per heavy atom. The number of nitrogens with one attached hydrogen (secondary N) is 1. The van der Waals surface area contributed by atoms with Crippen molar-refractivity contribution in [2.24, 2.45) is 5.92 Å². The number of likely N-dealkylation sites (tertiary alicyclic amines) is 1. The van der Waals surface area contributed by atoms with E-state index in [1.807, 2.05) is 0 Å². The topological polar surface area (TPSA) is 65.5 Å². The zero-order valence-electron chi connectivity index (χ0n) is 11.5. The summed E-state index contributed by atoms with van der Waals surface area (Å²) in [5.41, 5.74) is 0.286. The van der Waals surface area contributed by atoms with Crippen LogP contribution in [0.1, 0.15) is 30.6 Å². The minimum Gasteiger partial charge on any atom is -0.505 e. The van der Waals surface area contributed by atoms with Gasteiger partial charge in [-0.1, -0.05) is 0 Å². The second-order valence-electron chi connectivity index (χ2n) is 5.35. The van der Waals surface area contributed by atoms with Crippen LogP contribution >= 0.6 is 0 Å². The molecule has 0 aliphatic carbocycles. The molecule has 1 aliphatic heterocycles. The lowest BCUT2D eigenvalue weighted by Crippen LogP contribution is -2.33. The average Bonchev–Trinajstić information content (AvgIpc) is 2.85. The van der Waals surface area contributed by atoms with Crippen LogP contribution in [0.15, 0.2) is 18.5 Å². The Balaban J connectivity index is 1.84. The molecule has 1 fully saturated rings. The molecular formula is C14H21N3O2. The molecule has 0 bridgehead atoms. The molecule has 1 atom stereocenters. The molecule has 2 heterocycles. The summed E-state index contributed by atoms with van der Waals surface area (Å²) in [7, 11) is 0. The van der Waals surface area contributed by atoms with Crippen LogP contribution in [0.2, 0.25) is 0 Å². The quantitative estimate of drug-likeness (QED) is 0.858. The molecule has 1 aromatic rings. The van der Waals surface area contributed by atoms with Crippen LogP contribution in [0.3, 0.4) is 0 Å². The predicted octanol–water partition coefficient (Wildman–Crippen LogP) is 1.25. The summed E-state index contributed by atoms with van der Waals surface area (Å²) >= 11 is 0. The summed E-state index contributed by atoms with van der Waals surface area (Å²) in [5, 5.41) is 12.4. The van der Waals surface area contributed by atoms with Crippen molar-refractivity contribution in [3.8, 4) is 5.75 Å². The van der Waals surface area contributed by atoms with E-state index in [0.717, 1.165) is 19.5 Å². The van der Waals surface area contributed by atoms with E-state index >= 15 is 0 Å². The van der Waals surface area contributed by atoms with Gasteiger partial charge in [-0.15, -0.1) is 0 Å². The normalized spacial score (nSPS) is 19.8. The van der Waals surface area contributed by atoms with E-state index in [2.05, 4.69) is 29.0 Å². The van der Waals surface area contributed by atoms with Crippen LogP contribution in [0.25, 0.3) is 0 Å². The molecule has 0 spiro atoms. The van der Waals surface area contributed by atoms with Crippen LogP contribution in [-0.2, 0) is 0 Å². The van der Waals surface area contributed by atoms with Gasteiger partial charge in [0.15, 0.2) is 0 Å². The van der Waals surface area contributed by atoms with Crippen LogP contribution in [0.5, 0.6) is 5.75 Å². The Morgan fingerprint density at radius 1 is 1.63 bits per heavy atom. The largest absolute Gasteiger partial charge is 0.505 e. The number of carbonyl (C=O) groups excluding carboxylic acids is 1. The number of aromatic hydroxyl groups is 1. The monoisotopic (exact) mass is 263 g/mol. The predicted molar refractivity (Wildman–Crippen MR) is 73.1 cm³/mol. The lowest BCUT2D eigenvalue weighted by atomic mass is 10.1. The smallest absolute Gasteiger partial charge is 0.255 e. The Bertz CT molecular complexity index is 448. The molecule has 1 saturated heterocycles. The van der Waals surface area contributed by atoms with Gasteiger partial charge in [-0.3, -0.25) is 9.78 Å². The lowest BCUT2D eigenvalue weighted by Gasteiger charge is -2.20. The number of hydrogen-bond acceptors (Lipinski definition) is 4. The first kappa shape index (κ1) is 13.8. The van der Waals surface area contributed by atoms with Crippen LogP contribution < -0.4 is 5.32 Å². The summed E-state index contributed by atoms with van der Waals surface area (Å²) < 4.78 is 0. The number of aromatic nitrogens is 1. The fraction of sp³-hybridized carbons (Fsp3) is 0.571. The van der Waals surface area contributed by atoms with Gasteiger partial charge in [-0.2, -0.15) is 0 Å². The highest BCUT2D eigenvalue weighted by Gasteiger charge is 2.24. The van der Waals surface area contributed by atoms with Gasteiger partial charge < -0.3 is 15.3 Å². The molecule has 1 aromatic heterocycles. The van der Waals surface area contributed by atoms with E-state index in [9.17, 15) is 9.90 Å². The van der Waals surface area contributed by atoms with Crippen molar-refractivity contribution >= 4 is 5.91 Å². The first-order valence-electron chi connectivity index (χ1n) is 6.73. The van der Waals surface area contributed by atoms with Crippen molar-refractivity contribution < 1.29 is 9.90 Å². The van der Waals surface area contributed by atoms with Gasteiger partial charge in [-0.05, 0) is 38.8 Å². The summed E-state index contributed by atoms with van der Waals surface area (Å²) in [5.74, 6) is 0.188. The van der Waals surface area contributed by atoms with Crippen molar-refractivity contribution in [2.75, 3.05) is 19.6 Å². The Kier molecular flexibility index (Phi) is 4.37. The number of hydrogen-bond donors (Lipinski definition) is 2. The number of carbonyl (C=O) groups is 1.